The number of nitrogens with zero attached hydrogens (tertiary/aromatic N) is 1. The summed E-state index contributed by atoms with van der Waals surface area (Å²) in [5.74, 6) is -0.696. The largest absolute Gasteiger partial charge is 0.482 e. The maximum absolute atomic E-state index is 12.2. The maximum atomic E-state index is 12.2. The predicted molar refractivity (Wildman–Crippen MR) is 73.6 cm³/mol. The Morgan fingerprint density at radius 1 is 1.45 bits per heavy atom. The van der Waals surface area contributed by atoms with Gasteiger partial charge in [-0.1, -0.05) is 13.8 Å². The van der Waals surface area contributed by atoms with Crippen LogP contribution in [0.5, 0.6) is 5.75 Å². The van der Waals surface area contributed by atoms with E-state index in [0.29, 0.717) is 6.42 Å². The summed E-state index contributed by atoms with van der Waals surface area (Å²) in [5, 5.41) is 11.8. The molecular weight excluding hydrogens is 301 g/mol. The molecule has 1 aromatic rings. The fourth-order valence-corrected chi connectivity index (χ4v) is 1.84. The Balaban J connectivity index is 2.80. The Bertz CT molecular complexity index is 492. The highest BCUT2D eigenvalue weighted by Crippen LogP contribution is 2.21. The standard InChI is InChI=1S/C14H19F3N2O3/c1-9(2)6-10(7-20)19-13(21)12-11(4-3-5-18-12)22-8-14(15,16)17/h3-5,9-10,20H,6-8H2,1-2H3,(H,19,21). The fraction of sp³-hybridized carbons (Fsp3) is 0.571. The summed E-state index contributed by atoms with van der Waals surface area (Å²) >= 11 is 0. The van der Waals surface area contributed by atoms with Gasteiger partial charge in [0.25, 0.3) is 5.91 Å². The van der Waals surface area contributed by atoms with E-state index in [4.69, 9.17) is 0 Å². The van der Waals surface area contributed by atoms with Crippen molar-refractivity contribution in [1.82, 2.24) is 10.3 Å². The molecule has 124 valence electrons. The lowest BCUT2D eigenvalue weighted by molar-refractivity contribution is -0.153. The Labute approximate surface area is 126 Å². The highest BCUT2D eigenvalue weighted by molar-refractivity contribution is 5.95. The molecule has 0 saturated heterocycles. The number of halogens is 3. The van der Waals surface area contributed by atoms with Crippen molar-refractivity contribution >= 4 is 5.91 Å². The van der Waals surface area contributed by atoms with Crippen LogP contribution in [0.4, 0.5) is 13.2 Å². The van der Waals surface area contributed by atoms with E-state index >= 15 is 0 Å². The minimum absolute atomic E-state index is 0.238. The smallest absolute Gasteiger partial charge is 0.422 e. The number of carbonyl (C=O) groups excluding carboxylic acids is 1. The van der Waals surface area contributed by atoms with Gasteiger partial charge in [-0.3, -0.25) is 4.79 Å². The summed E-state index contributed by atoms with van der Waals surface area (Å²) in [6.07, 6.45) is -2.69. The van der Waals surface area contributed by atoms with Crippen LogP contribution in [0.3, 0.4) is 0 Å². The number of aliphatic hydroxyl groups is 1. The molecule has 1 heterocycles. The first kappa shape index (κ1) is 18.2. The topological polar surface area (TPSA) is 71.5 Å². The lowest BCUT2D eigenvalue weighted by Crippen LogP contribution is -2.39. The maximum Gasteiger partial charge on any atom is 0.422 e. The van der Waals surface area contributed by atoms with Gasteiger partial charge in [0.2, 0.25) is 0 Å². The van der Waals surface area contributed by atoms with Crippen molar-refractivity contribution in [2.75, 3.05) is 13.2 Å². The zero-order valence-electron chi connectivity index (χ0n) is 12.4. The van der Waals surface area contributed by atoms with Crippen LogP contribution in [0, 0.1) is 5.92 Å². The van der Waals surface area contributed by atoms with E-state index in [9.17, 15) is 23.1 Å². The summed E-state index contributed by atoms with van der Waals surface area (Å²) in [7, 11) is 0. The van der Waals surface area contributed by atoms with Crippen LogP contribution in [0.1, 0.15) is 30.8 Å². The molecule has 0 aromatic carbocycles. The molecule has 1 aromatic heterocycles. The Morgan fingerprint density at radius 3 is 2.68 bits per heavy atom. The number of ether oxygens (including phenoxy) is 1. The zero-order valence-corrected chi connectivity index (χ0v) is 12.4. The number of hydrogen-bond acceptors (Lipinski definition) is 4. The van der Waals surface area contributed by atoms with Crippen LogP contribution in [-0.2, 0) is 0 Å². The van der Waals surface area contributed by atoms with E-state index in [0.717, 1.165) is 0 Å². The van der Waals surface area contributed by atoms with Crippen molar-refractivity contribution in [3.05, 3.63) is 24.0 Å². The average Bonchev–Trinajstić information content (AvgIpc) is 2.43. The van der Waals surface area contributed by atoms with Gasteiger partial charge >= 0.3 is 6.18 Å². The van der Waals surface area contributed by atoms with Crippen LogP contribution in [0.15, 0.2) is 18.3 Å². The number of hydrogen-bond donors (Lipinski definition) is 2. The van der Waals surface area contributed by atoms with Gasteiger partial charge < -0.3 is 15.2 Å². The van der Waals surface area contributed by atoms with Crippen molar-refractivity contribution < 1.29 is 27.8 Å². The van der Waals surface area contributed by atoms with E-state index in [2.05, 4.69) is 15.0 Å². The van der Waals surface area contributed by atoms with E-state index in [1.165, 1.54) is 18.3 Å². The molecule has 1 unspecified atom stereocenters. The van der Waals surface area contributed by atoms with Gasteiger partial charge in [0.15, 0.2) is 18.1 Å². The van der Waals surface area contributed by atoms with Gasteiger partial charge in [-0.25, -0.2) is 4.98 Å². The van der Waals surface area contributed by atoms with Crippen LogP contribution in [0.25, 0.3) is 0 Å². The minimum Gasteiger partial charge on any atom is -0.482 e. The van der Waals surface area contributed by atoms with Gasteiger partial charge in [0.05, 0.1) is 12.6 Å². The zero-order chi connectivity index (χ0) is 16.8. The SMILES string of the molecule is CC(C)CC(CO)NC(=O)c1ncccc1OCC(F)(F)F. The second kappa shape index (κ2) is 7.98. The predicted octanol–water partition coefficient (Wildman–Crippen LogP) is 2.16. The average molecular weight is 320 g/mol. The van der Waals surface area contributed by atoms with E-state index in [1.807, 2.05) is 13.8 Å². The molecule has 0 aliphatic heterocycles. The first-order valence-corrected chi connectivity index (χ1v) is 6.79. The number of amides is 1. The van der Waals surface area contributed by atoms with Crippen molar-refractivity contribution in [2.45, 2.75) is 32.5 Å². The van der Waals surface area contributed by atoms with Gasteiger partial charge in [-0.15, -0.1) is 0 Å². The molecule has 0 aliphatic rings. The highest BCUT2D eigenvalue weighted by Gasteiger charge is 2.29. The number of pyridine rings is 1. The lowest BCUT2D eigenvalue weighted by atomic mass is 10.0. The van der Waals surface area contributed by atoms with E-state index in [1.54, 1.807) is 0 Å². The third-order valence-electron chi connectivity index (χ3n) is 2.69. The minimum atomic E-state index is -4.51. The molecule has 0 aliphatic carbocycles. The molecule has 5 nitrogen and oxygen atoms in total. The molecule has 8 heteroatoms. The highest BCUT2D eigenvalue weighted by atomic mass is 19.4. The molecule has 0 fully saturated rings. The first-order valence-electron chi connectivity index (χ1n) is 6.79. The molecule has 1 atom stereocenters. The van der Waals surface area contributed by atoms with Crippen molar-refractivity contribution in [3.8, 4) is 5.75 Å². The summed E-state index contributed by atoms with van der Waals surface area (Å²) in [6.45, 7) is 2.07. The van der Waals surface area contributed by atoms with Crippen LogP contribution in [0.2, 0.25) is 0 Å². The molecular formula is C14H19F3N2O3. The molecule has 2 N–H and O–H groups in total. The molecule has 1 rings (SSSR count). The number of alkyl halides is 3. The van der Waals surface area contributed by atoms with Crippen LogP contribution in [-0.4, -0.2) is 41.4 Å². The molecule has 1 amide bonds. The van der Waals surface area contributed by atoms with Gasteiger partial charge in [0.1, 0.15) is 0 Å². The molecule has 0 bridgehead atoms. The molecule has 0 radical (unpaired) electrons. The lowest BCUT2D eigenvalue weighted by Gasteiger charge is -2.19. The quantitative estimate of drug-likeness (QED) is 0.807. The van der Waals surface area contributed by atoms with E-state index in [-0.39, 0.29) is 24.0 Å². The third-order valence-corrected chi connectivity index (χ3v) is 2.69. The molecule has 0 saturated carbocycles. The Kier molecular flexibility index (Phi) is 6.61. The number of aromatic nitrogens is 1. The monoisotopic (exact) mass is 320 g/mol. The Morgan fingerprint density at radius 2 is 2.14 bits per heavy atom. The van der Waals surface area contributed by atoms with E-state index < -0.39 is 24.7 Å². The number of carbonyl (C=O) groups is 1. The summed E-state index contributed by atoms with van der Waals surface area (Å²) in [5.41, 5.74) is -0.242. The fourth-order valence-electron chi connectivity index (χ4n) is 1.84. The third kappa shape index (κ3) is 6.30. The van der Waals surface area contributed by atoms with Crippen LogP contribution < -0.4 is 10.1 Å². The van der Waals surface area contributed by atoms with Gasteiger partial charge in [-0.2, -0.15) is 13.2 Å². The Hall–Kier alpha value is -1.83. The van der Waals surface area contributed by atoms with Gasteiger partial charge in [0, 0.05) is 6.20 Å². The van der Waals surface area contributed by atoms with Crippen molar-refractivity contribution in [1.29, 1.82) is 0 Å². The summed E-state index contributed by atoms with van der Waals surface area (Å²) in [4.78, 5) is 15.9. The number of nitrogens with one attached hydrogen (secondary N) is 1. The molecule has 0 spiro atoms. The first-order chi connectivity index (χ1) is 10.2. The second-order valence-electron chi connectivity index (χ2n) is 5.24. The normalized spacial score (nSPS) is 13.0. The number of aliphatic hydroxyl groups excluding tert-OH is 1. The number of rotatable bonds is 7. The van der Waals surface area contributed by atoms with Crippen LogP contribution >= 0.6 is 0 Å². The summed E-state index contributed by atoms with van der Waals surface area (Å²) in [6, 6.07) is 2.12. The molecule has 22 heavy (non-hydrogen) atoms. The second-order valence-corrected chi connectivity index (χ2v) is 5.24. The summed E-state index contributed by atoms with van der Waals surface area (Å²) < 4.78 is 41.2. The van der Waals surface area contributed by atoms with Crippen molar-refractivity contribution in [3.63, 3.8) is 0 Å². The van der Waals surface area contributed by atoms with Gasteiger partial charge in [-0.05, 0) is 24.5 Å². The van der Waals surface area contributed by atoms with Crippen molar-refractivity contribution in [2.24, 2.45) is 5.92 Å².